The Hall–Kier alpha value is -2.70. The van der Waals surface area contributed by atoms with Crippen LogP contribution in [0.4, 0.5) is 5.69 Å². The fourth-order valence-electron chi connectivity index (χ4n) is 2.59. The van der Waals surface area contributed by atoms with Gasteiger partial charge in [-0.2, -0.15) is 0 Å². The van der Waals surface area contributed by atoms with Crippen molar-refractivity contribution < 1.29 is 9.47 Å². The number of methoxy groups -OCH3 is 1. The Balaban J connectivity index is 1.79. The Labute approximate surface area is 155 Å². The fraction of sp³-hybridized carbons (Fsp3) is 0.474. The highest BCUT2D eigenvalue weighted by atomic mass is 16.5. The lowest BCUT2D eigenvalue weighted by Gasteiger charge is -2.14. The summed E-state index contributed by atoms with van der Waals surface area (Å²) in [6, 6.07) is 5.74. The lowest BCUT2D eigenvalue weighted by Crippen LogP contribution is -2.31. The van der Waals surface area contributed by atoms with Gasteiger partial charge >= 0.3 is 0 Å². The van der Waals surface area contributed by atoms with E-state index in [1.54, 1.807) is 14.2 Å². The van der Waals surface area contributed by atoms with Crippen molar-refractivity contribution >= 4 is 11.6 Å². The molecule has 0 amide bonds. The molecule has 0 aliphatic rings. The molecule has 142 valence electrons. The van der Waals surface area contributed by atoms with Crippen molar-refractivity contribution in [1.29, 1.82) is 0 Å². The zero-order valence-electron chi connectivity index (χ0n) is 16.1. The Morgan fingerprint density at radius 2 is 2.12 bits per heavy atom. The first kappa shape index (κ1) is 19.6. The van der Waals surface area contributed by atoms with Gasteiger partial charge in [-0.15, -0.1) is 0 Å². The van der Waals surface area contributed by atoms with Gasteiger partial charge in [0.15, 0.2) is 17.5 Å². The minimum absolute atomic E-state index is 0.602. The van der Waals surface area contributed by atoms with Crippen molar-refractivity contribution in [2.45, 2.75) is 33.2 Å². The number of nitrogens with one attached hydrogen (secondary N) is 2. The molecule has 0 bridgehead atoms. The molecule has 26 heavy (non-hydrogen) atoms. The van der Waals surface area contributed by atoms with Crippen LogP contribution >= 0.6 is 0 Å². The van der Waals surface area contributed by atoms with Crippen molar-refractivity contribution in [2.24, 2.45) is 4.99 Å². The van der Waals surface area contributed by atoms with Crippen LogP contribution in [-0.2, 0) is 6.54 Å². The average Bonchev–Trinajstić information content (AvgIpc) is 3.06. The summed E-state index contributed by atoms with van der Waals surface area (Å²) in [7, 11) is 3.40. The molecule has 0 unspecified atom stereocenters. The highest BCUT2D eigenvalue weighted by molar-refractivity contribution is 5.93. The van der Waals surface area contributed by atoms with Gasteiger partial charge in [-0.25, -0.2) is 4.98 Å². The summed E-state index contributed by atoms with van der Waals surface area (Å²) in [6.07, 6.45) is 5.98. The summed E-state index contributed by atoms with van der Waals surface area (Å²) in [4.78, 5) is 8.50. The summed E-state index contributed by atoms with van der Waals surface area (Å²) in [5.41, 5.74) is 0.896. The number of hydrogen-bond donors (Lipinski definition) is 2. The molecule has 1 heterocycles. The molecule has 2 aromatic rings. The second-order valence-corrected chi connectivity index (χ2v) is 5.80. The van der Waals surface area contributed by atoms with Crippen LogP contribution in [0.1, 0.15) is 25.6 Å². The van der Waals surface area contributed by atoms with Gasteiger partial charge in [-0.05, 0) is 38.8 Å². The van der Waals surface area contributed by atoms with E-state index in [2.05, 4.69) is 25.2 Å². The molecule has 0 fully saturated rings. The molecular formula is C19H29N5O2. The Bertz CT molecular complexity index is 712. The van der Waals surface area contributed by atoms with E-state index in [1.807, 2.05) is 44.4 Å². The summed E-state index contributed by atoms with van der Waals surface area (Å²) < 4.78 is 13.1. The largest absolute Gasteiger partial charge is 0.493 e. The van der Waals surface area contributed by atoms with E-state index in [0.717, 1.165) is 49.2 Å². The Morgan fingerprint density at radius 3 is 2.77 bits per heavy atom. The van der Waals surface area contributed by atoms with Crippen LogP contribution in [0.2, 0.25) is 0 Å². The minimum atomic E-state index is 0.602. The number of ether oxygens (including phenoxy) is 2. The van der Waals surface area contributed by atoms with Crippen molar-refractivity contribution in [2.75, 3.05) is 32.6 Å². The highest BCUT2D eigenvalue weighted by Gasteiger charge is 2.06. The number of aliphatic imine (C=N–C) groups is 1. The zero-order chi connectivity index (χ0) is 18.8. The quantitative estimate of drug-likeness (QED) is 0.409. The number of rotatable bonds is 9. The normalized spacial score (nSPS) is 11.3. The maximum Gasteiger partial charge on any atom is 0.195 e. The fourth-order valence-corrected chi connectivity index (χ4v) is 2.59. The van der Waals surface area contributed by atoms with E-state index >= 15 is 0 Å². The summed E-state index contributed by atoms with van der Waals surface area (Å²) in [5, 5.41) is 6.61. The first-order chi connectivity index (χ1) is 12.7. The highest BCUT2D eigenvalue weighted by Crippen LogP contribution is 2.30. The van der Waals surface area contributed by atoms with Gasteiger partial charge in [0.2, 0.25) is 0 Å². The van der Waals surface area contributed by atoms with E-state index < -0.39 is 0 Å². The molecule has 2 N–H and O–H groups in total. The van der Waals surface area contributed by atoms with Crippen molar-refractivity contribution in [3.8, 4) is 11.5 Å². The lowest BCUT2D eigenvalue weighted by molar-refractivity contribution is 0.311. The average molecular weight is 359 g/mol. The summed E-state index contributed by atoms with van der Waals surface area (Å²) >= 11 is 0. The number of anilines is 1. The van der Waals surface area contributed by atoms with E-state index in [9.17, 15) is 0 Å². The number of aromatic nitrogens is 2. The van der Waals surface area contributed by atoms with Crippen LogP contribution in [0.5, 0.6) is 11.5 Å². The van der Waals surface area contributed by atoms with Crippen LogP contribution in [0.3, 0.4) is 0 Å². The number of imidazole rings is 1. The number of benzene rings is 1. The maximum absolute atomic E-state index is 5.54. The maximum atomic E-state index is 5.54. The summed E-state index contributed by atoms with van der Waals surface area (Å²) in [5.74, 6) is 3.22. The van der Waals surface area contributed by atoms with Gasteiger partial charge in [0.1, 0.15) is 5.82 Å². The molecule has 0 saturated carbocycles. The summed E-state index contributed by atoms with van der Waals surface area (Å²) in [6.45, 7) is 6.41. The third-order valence-corrected chi connectivity index (χ3v) is 3.99. The van der Waals surface area contributed by atoms with Gasteiger partial charge in [0, 0.05) is 44.3 Å². The van der Waals surface area contributed by atoms with Gasteiger partial charge in [0.05, 0.1) is 13.7 Å². The van der Waals surface area contributed by atoms with Crippen LogP contribution < -0.4 is 20.1 Å². The molecule has 7 heteroatoms. The minimum Gasteiger partial charge on any atom is -0.493 e. The first-order valence-corrected chi connectivity index (χ1v) is 8.94. The van der Waals surface area contributed by atoms with E-state index in [1.165, 1.54) is 0 Å². The van der Waals surface area contributed by atoms with Gasteiger partial charge in [0.25, 0.3) is 0 Å². The predicted octanol–water partition coefficient (Wildman–Crippen LogP) is 3.07. The topological polar surface area (TPSA) is 72.7 Å². The van der Waals surface area contributed by atoms with Crippen molar-refractivity contribution in [3.05, 3.63) is 36.4 Å². The number of nitrogens with zero attached hydrogens (tertiary/aromatic N) is 3. The molecule has 1 aromatic carbocycles. The zero-order valence-corrected chi connectivity index (χ0v) is 16.1. The molecule has 0 aliphatic carbocycles. The molecule has 0 atom stereocenters. The number of hydrogen-bond acceptors (Lipinski definition) is 4. The van der Waals surface area contributed by atoms with E-state index in [0.29, 0.717) is 12.4 Å². The molecule has 2 rings (SSSR count). The number of unbranched alkanes of at least 4 members (excludes halogenated alkanes) is 1. The third kappa shape index (κ3) is 5.68. The lowest BCUT2D eigenvalue weighted by atomic mass is 10.2. The van der Waals surface area contributed by atoms with Crippen LogP contribution in [0.15, 0.2) is 35.6 Å². The smallest absolute Gasteiger partial charge is 0.195 e. The SMILES string of the molecule is CCOc1ccc(NC(=NC)NCCCCn2ccnc2C)cc1OC. The molecule has 0 radical (unpaired) electrons. The molecule has 7 nitrogen and oxygen atoms in total. The number of aryl methyl sites for hydroxylation is 2. The molecule has 0 saturated heterocycles. The Kier molecular flexibility index (Phi) is 7.79. The second-order valence-electron chi connectivity index (χ2n) is 5.80. The van der Waals surface area contributed by atoms with Crippen molar-refractivity contribution in [1.82, 2.24) is 14.9 Å². The first-order valence-electron chi connectivity index (χ1n) is 8.94. The molecule has 0 spiro atoms. The van der Waals surface area contributed by atoms with Gasteiger partial charge in [-0.1, -0.05) is 0 Å². The standard InChI is InChI=1S/C19H29N5O2/c1-5-26-17-9-8-16(14-18(17)25-4)23-19(20-3)22-10-6-7-12-24-13-11-21-15(24)2/h8-9,11,13-14H,5-7,10,12H2,1-4H3,(H2,20,22,23). The van der Waals surface area contributed by atoms with E-state index in [-0.39, 0.29) is 0 Å². The monoisotopic (exact) mass is 359 g/mol. The third-order valence-electron chi connectivity index (χ3n) is 3.99. The predicted molar refractivity (Wildman–Crippen MR) is 105 cm³/mol. The number of guanidine groups is 1. The second kappa shape index (κ2) is 10.3. The molecular weight excluding hydrogens is 330 g/mol. The van der Waals surface area contributed by atoms with Gasteiger partial charge < -0.3 is 24.7 Å². The van der Waals surface area contributed by atoms with Crippen LogP contribution in [0.25, 0.3) is 0 Å². The van der Waals surface area contributed by atoms with E-state index in [4.69, 9.17) is 9.47 Å². The molecule has 0 aliphatic heterocycles. The Morgan fingerprint density at radius 1 is 1.27 bits per heavy atom. The molecule has 1 aromatic heterocycles. The van der Waals surface area contributed by atoms with Crippen LogP contribution in [0, 0.1) is 6.92 Å². The van der Waals surface area contributed by atoms with Crippen LogP contribution in [-0.4, -0.2) is 42.8 Å². The van der Waals surface area contributed by atoms with Gasteiger partial charge in [-0.3, -0.25) is 4.99 Å². The van der Waals surface area contributed by atoms with Crippen molar-refractivity contribution in [3.63, 3.8) is 0 Å².